The van der Waals surface area contributed by atoms with E-state index in [4.69, 9.17) is 0 Å². The molecule has 1 saturated carbocycles. The number of rotatable bonds is 6. The van der Waals surface area contributed by atoms with Crippen LogP contribution in [-0.2, 0) is 19.7 Å². The highest BCUT2D eigenvalue weighted by atomic mass is 16.5. The number of esters is 1. The minimum Gasteiger partial charge on any atom is -0.469 e. The van der Waals surface area contributed by atoms with E-state index in [1.807, 2.05) is 37.4 Å². The van der Waals surface area contributed by atoms with Gasteiger partial charge in [-0.15, -0.1) is 0 Å². The fourth-order valence-corrected chi connectivity index (χ4v) is 2.54. The van der Waals surface area contributed by atoms with E-state index in [0.29, 0.717) is 19.4 Å². The van der Waals surface area contributed by atoms with E-state index >= 15 is 0 Å². The molecule has 0 atom stereocenters. The number of likely N-dealkylation sites (N-methyl/N-ethyl adjacent to an activating group) is 1. The third-order valence-corrected chi connectivity index (χ3v) is 3.93. The molecule has 1 aromatic carbocycles. The highest BCUT2D eigenvalue weighted by molar-refractivity contribution is 5.91. The molecule has 0 bridgehead atoms. The van der Waals surface area contributed by atoms with Crippen molar-refractivity contribution < 1.29 is 14.3 Å². The lowest BCUT2D eigenvalue weighted by atomic mass is 9.94. The Kier molecular flexibility index (Phi) is 4.42. The van der Waals surface area contributed by atoms with E-state index in [9.17, 15) is 9.59 Å². The van der Waals surface area contributed by atoms with Gasteiger partial charge in [0.2, 0.25) is 5.91 Å². The van der Waals surface area contributed by atoms with E-state index in [2.05, 4.69) is 4.74 Å². The third-order valence-electron chi connectivity index (χ3n) is 3.93. The van der Waals surface area contributed by atoms with Crippen LogP contribution < -0.4 is 0 Å². The van der Waals surface area contributed by atoms with Crippen molar-refractivity contribution in [3.05, 3.63) is 35.9 Å². The number of amides is 1. The van der Waals surface area contributed by atoms with Crippen molar-refractivity contribution in [2.24, 2.45) is 0 Å². The second kappa shape index (κ2) is 6.07. The van der Waals surface area contributed by atoms with Gasteiger partial charge in [0.05, 0.1) is 12.5 Å². The number of hydrogen-bond donors (Lipinski definition) is 0. The molecule has 0 saturated heterocycles. The summed E-state index contributed by atoms with van der Waals surface area (Å²) in [6.45, 7) is 0.586. The Labute approximate surface area is 119 Å². The Bertz CT molecular complexity index is 480. The summed E-state index contributed by atoms with van der Waals surface area (Å²) in [6.07, 6.45) is 2.82. The van der Waals surface area contributed by atoms with Crippen LogP contribution in [0.15, 0.2) is 30.3 Å². The maximum Gasteiger partial charge on any atom is 0.305 e. The summed E-state index contributed by atoms with van der Waals surface area (Å²) < 4.78 is 4.60. The molecule has 1 aliphatic rings. The lowest BCUT2D eigenvalue weighted by Crippen LogP contribution is -2.37. The molecule has 0 aromatic heterocycles. The molecule has 1 aliphatic carbocycles. The Morgan fingerprint density at radius 3 is 2.45 bits per heavy atom. The van der Waals surface area contributed by atoms with Crippen LogP contribution in [0.25, 0.3) is 0 Å². The second-order valence-electron chi connectivity index (χ2n) is 5.35. The molecule has 1 fully saturated rings. The van der Waals surface area contributed by atoms with Crippen molar-refractivity contribution in [3.63, 3.8) is 0 Å². The van der Waals surface area contributed by atoms with Crippen LogP contribution in [0.4, 0.5) is 0 Å². The molecule has 0 heterocycles. The molecule has 4 nitrogen and oxygen atoms in total. The zero-order valence-electron chi connectivity index (χ0n) is 12.1. The molecular weight excluding hydrogens is 254 g/mol. The standard InChI is InChI=1S/C16H21NO3/c1-17(12-6-9-14(18)20-2)15(19)16(10-11-16)13-7-4-3-5-8-13/h3-5,7-8H,6,9-12H2,1-2H3. The first-order valence-corrected chi connectivity index (χ1v) is 6.98. The molecule has 0 spiro atoms. The number of hydrogen-bond acceptors (Lipinski definition) is 3. The molecule has 4 heteroatoms. The van der Waals surface area contributed by atoms with Crippen molar-refractivity contribution in [2.75, 3.05) is 20.7 Å². The van der Waals surface area contributed by atoms with Crippen molar-refractivity contribution in [3.8, 4) is 0 Å². The Morgan fingerprint density at radius 2 is 1.90 bits per heavy atom. The van der Waals surface area contributed by atoms with Crippen molar-refractivity contribution in [1.82, 2.24) is 4.90 Å². The second-order valence-corrected chi connectivity index (χ2v) is 5.35. The van der Waals surface area contributed by atoms with Crippen LogP contribution in [0.1, 0.15) is 31.2 Å². The van der Waals surface area contributed by atoms with Gasteiger partial charge in [-0.25, -0.2) is 0 Å². The number of nitrogens with zero attached hydrogens (tertiary/aromatic N) is 1. The summed E-state index contributed by atoms with van der Waals surface area (Å²) in [5.41, 5.74) is 0.784. The number of benzene rings is 1. The third kappa shape index (κ3) is 3.00. The van der Waals surface area contributed by atoms with Crippen molar-refractivity contribution in [2.45, 2.75) is 31.1 Å². The molecule has 1 amide bonds. The molecule has 1 aromatic rings. The topological polar surface area (TPSA) is 46.6 Å². The SMILES string of the molecule is COC(=O)CCCN(C)C(=O)C1(c2ccccc2)CC1. The van der Waals surface area contributed by atoms with E-state index in [1.54, 1.807) is 4.90 Å². The summed E-state index contributed by atoms with van der Waals surface area (Å²) in [6, 6.07) is 9.95. The van der Waals surface area contributed by atoms with Crippen LogP contribution in [0, 0.1) is 0 Å². The van der Waals surface area contributed by atoms with Gasteiger partial charge < -0.3 is 9.64 Å². The first-order chi connectivity index (χ1) is 9.60. The number of carbonyl (C=O) groups is 2. The first kappa shape index (κ1) is 14.6. The van der Waals surface area contributed by atoms with Gasteiger partial charge in [-0.05, 0) is 24.8 Å². The van der Waals surface area contributed by atoms with E-state index < -0.39 is 0 Å². The van der Waals surface area contributed by atoms with Crippen LogP contribution in [0.3, 0.4) is 0 Å². The highest BCUT2D eigenvalue weighted by Gasteiger charge is 2.52. The van der Waals surface area contributed by atoms with Gasteiger partial charge in [0, 0.05) is 20.0 Å². The Hall–Kier alpha value is -1.84. The number of carbonyl (C=O) groups excluding carboxylic acids is 2. The smallest absolute Gasteiger partial charge is 0.305 e. The summed E-state index contributed by atoms with van der Waals surface area (Å²) in [4.78, 5) is 25.4. The lowest BCUT2D eigenvalue weighted by Gasteiger charge is -2.23. The summed E-state index contributed by atoms with van der Waals surface area (Å²) in [7, 11) is 3.19. The Morgan fingerprint density at radius 1 is 1.25 bits per heavy atom. The predicted molar refractivity (Wildman–Crippen MR) is 76.2 cm³/mol. The minimum atomic E-state index is -0.318. The molecule has 0 aliphatic heterocycles. The molecule has 2 rings (SSSR count). The molecule has 0 unspecified atom stereocenters. The summed E-state index contributed by atoms with van der Waals surface area (Å²) >= 11 is 0. The van der Waals surface area contributed by atoms with Crippen molar-refractivity contribution >= 4 is 11.9 Å². The van der Waals surface area contributed by atoms with E-state index in [-0.39, 0.29) is 17.3 Å². The highest BCUT2D eigenvalue weighted by Crippen LogP contribution is 2.49. The first-order valence-electron chi connectivity index (χ1n) is 6.98. The maximum absolute atomic E-state index is 12.6. The fraction of sp³-hybridized carbons (Fsp3) is 0.500. The zero-order chi connectivity index (χ0) is 14.6. The monoisotopic (exact) mass is 275 g/mol. The zero-order valence-corrected chi connectivity index (χ0v) is 12.1. The van der Waals surface area contributed by atoms with Crippen LogP contribution in [0.5, 0.6) is 0 Å². The molecule has 0 N–H and O–H groups in total. The quantitative estimate of drug-likeness (QED) is 0.747. The summed E-state index contributed by atoms with van der Waals surface area (Å²) in [5.74, 6) is -0.0661. The average Bonchev–Trinajstić information content (AvgIpc) is 3.28. The van der Waals surface area contributed by atoms with Gasteiger partial charge in [0.1, 0.15) is 0 Å². The number of methoxy groups -OCH3 is 1. The molecular formula is C16H21NO3. The van der Waals surface area contributed by atoms with Crippen LogP contribution >= 0.6 is 0 Å². The van der Waals surface area contributed by atoms with Crippen molar-refractivity contribution in [1.29, 1.82) is 0 Å². The van der Waals surface area contributed by atoms with Gasteiger partial charge in [-0.2, -0.15) is 0 Å². The van der Waals surface area contributed by atoms with Gasteiger partial charge in [0.15, 0.2) is 0 Å². The van der Waals surface area contributed by atoms with Gasteiger partial charge in [-0.3, -0.25) is 9.59 Å². The van der Waals surface area contributed by atoms with Gasteiger partial charge in [-0.1, -0.05) is 30.3 Å². The van der Waals surface area contributed by atoms with E-state index in [1.165, 1.54) is 7.11 Å². The van der Waals surface area contributed by atoms with Gasteiger partial charge in [0.25, 0.3) is 0 Å². The fourth-order valence-electron chi connectivity index (χ4n) is 2.54. The van der Waals surface area contributed by atoms with Crippen LogP contribution in [0.2, 0.25) is 0 Å². The normalized spacial score (nSPS) is 15.5. The predicted octanol–water partition coefficient (Wildman–Crippen LogP) is 2.13. The summed E-state index contributed by atoms with van der Waals surface area (Å²) in [5, 5.41) is 0. The maximum atomic E-state index is 12.6. The van der Waals surface area contributed by atoms with Crippen LogP contribution in [-0.4, -0.2) is 37.5 Å². The number of ether oxygens (including phenoxy) is 1. The minimum absolute atomic E-state index is 0.161. The van der Waals surface area contributed by atoms with E-state index in [0.717, 1.165) is 18.4 Å². The Balaban J connectivity index is 1.92. The van der Waals surface area contributed by atoms with Gasteiger partial charge >= 0.3 is 5.97 Å². The average molecular weight is 275 g/mol. The largest absolute Gasteiger partial charge is 0.469 e. The lowest BCUT2D eigenvalue weighted by molar-refractivity contribution is -0.141. The molecule has 20 heavy (non-hydrogen) atoms. The molecule has 108 valence electrons. The molecule has 0 radical (unpaired) electrons.